The van der Waals surface area contributed by atoms with E-state index in [1.165, 1.54) is 0 Å². The Hall–Kier alpha value is -0.460. The van der Waals surface area contributed by atoms with E-state index in [1.54, 1.807) is 6.08 Å². The van der Waals surface area contributed by atoms with Gasteiger partial charge in [-0.05, 0) is 23.6 Å². The van der Waals surface area contributed by atoms with E-state index in [1.807, 2.05) is 18.2 Å². The van der Waals surface area contributed by atoms with Gasteiger partial charge in [0.1, 0.15) is 0 Å². The maximum atomic E-state index is 5.94. The maximum Gasteiger partial charge on any atom is 0.0438 e. The van der Waals surface area contributed by atoms with Crippen LogP contribution in [-0.2, 0) is 6.42 Å². The zero-order valence-electron chi connectivity index (χ0n) is 6.69. The third-order valence-corrected chi connectivity index (χ3v) is 2.23. The van der Waals surface area contributed by atoms with Gasteiger partial charge in [0, 0.05) is 10.9 Å². The van der Waals surface area contributed by atoms with Gasteiger partial charge in [0.05, 0.1) is 0 Å². The van der Waals surface area contributed by atoms with Gasteiger partial charge >= 0.3 is 0 Å². The summed E-state index contributed by atoms with van der Waals surface area (Å²) in [6.45, 7) is 3.69. The van der Waals surface area contributed by atoms with E-state index in [-0.39, 0.29) is 0 Å². The summed E-state index contributed by atoms with van der Waals surface area (Å²) in [5, 5.41) is 0.779. The van der Waals surface area contributed by atoms with Crippen LogP contribution in [0.15, 0.2) is 24.8 Å². The summed E-state index contributed by atoms with van der Waals surface area (Å²) in [7, 11) is 0. The van der Waals surface area contributed by atoms with Crippen LogP contribution in [0.1, 0.15) is 11.1 Å². The van der Waals surface area contributed by atoms with Crippen LogP contribution in [0.3, 0.4) is 0 Å². The van der Waals surface area contributed by atoms with E-state index in [4.69, 9.17) is 23.2 Å². The van der Waals surface area contributed by atoms with Crippen LogP contribution in [0.5, 0.6) is 0 Å². The number of hydrogen-bond acceptors (Lipinski definition) is 0. The zero-order valence-corrected chi connectivity index (χ0v) is 8.20. The lowest BCUT2D eigenvalue weighted by Gasteiger charge is -2.02. The average Bonchev–Trinajstić information content (AvgIpc) is 2.09. The van der Waals surface area contributed by atoms with Crippen LogP contribution < -0.4 is 0 Å². The summed E-state index contributed by atoms with van der Waals surface area (Å²) in [6.07, 6.45) is 2.61. The fraction of sp³-hybridized carbons (Fsp3) is 0.200. The first-order valence-electron chi connectivity index (χ1n) is 3.74. The van der Waals surface area contributed by atoms with Crippen LogP contribution in [-0.4, -0.2) is 5.88 Å². The minimum Gasteiger partial charge on any atom is -0.126 e. The molecule has 0 spiro atoms. The Labute approximate surface area is 82.8 Å². The molecule has 1 aromatic carbocycles. The molecule has 0 aliphatic heterocycles. The Morgan fingerprint density at radius 2 is 2.17 bits per heavy atom. The molecule has 0 aliphatic carbocycles. The molecule has 12 heavy (non-hydrogen) atoms. The molecule has 0 radical (unpaired) electrons. The third kappa shape index (κ3) is 2.26. The first-order valence-corrected chi connectivity index (χ1v) is 4.66. The highest BCUT2D eigenvalue weighted by atomic mass is 35.5. The fourth-order valence-electron chi connectivity index (χ4n) is 1.02. The molecule has 0 N–H and O–H groups in total. The number of benzene rings is 1. The van der Waals surface area contributed by atoms with Crippen LogP contribution in [0.4, 0.5) is 0 Å². The number of rotatable bonds is 3. The van der Waals surface area contributed by atoms with Gasteiger partial charge in [-0.25, -0.2) is 0 Å². The lowest BCUT2D eigenvalue weighted by molar-refractivity contribution is 1.15. The van der Waals surface area contributed by atoms with Gasteiger partial charge in [0.2, 0.25) is 0 Å². The predicted molar refractivity (Wildman–Crippen MR) is 56.0 cm³/mol. The molecular formula is C10H10Cl2. The molecule has 0 fully saturated rings. The van der Waals surface area contributed by atoms with Crippen LogP contribution in [0, 0.1) is 0 Å². The highest BCUT2D eigenvalue weighted by molar-refractivity contribution is 6.31. The molecular weight excluding hydrogens is 191 g/mol. The lowest BCUT2D eigenvalue weighted by atomic mass is 10.1. The van der Waals surface area contributed by atoms with Crippen LogP contribution in [0.2, 0.25) is 5.02 Å². The summed E-state index contributed by atoms with van der Waals surface area (Å²) in [5.41, 5.74) is 2.17. The van der Waals surface area contributed by atoms with E-state index in [0.717, 1.165) is 22.6 Å². The topological polar surface area (TPSA) is 0 Å². The van der Waals surface area contributed by atoms with Gasteiger partial charge < -0.3 is 0 Å². The zero-order chi connectivity index (χ0) is 8.97. The lowest BCUT2D eigenvalue weighted by Crippen LogP contribution is -1.88. The molecule has 2 heteroatoms. The quantitative estimate of drug-likeness (QED) is 0.653. The Bertz CT molecular complexity index is 279. The number of aryl methyl sites for hydroxylation is 1. The van der Waals surface area contributed by atoms with Gasteiger partial charge in [0.25, 0.3) is 0 Å². The van der Waals surface area contributed by atoms with Crippen molar-refractivity contribution in [2.75, 3.05) is 5.88 Å². The van der Waals surface area contributed by atoms with Crippen LogP contribution in [0.25, 0.3) is 6.08 Å². The van der Waals surface area contributed by atoms with Crippen molar-refractivity contribution in [1.29, 1.82) is 0 Å². The molecule has 0 saturated heterocycles. The standard InChI is InChI=1S/C10H10Cl2/c1-2-8-3-4-10(12)9(7-8)5-6-11/h2-4,7H,1,5-6H2. The molecule has 0 atom stereocenters. The first kappa shape index (κ1) is 9.63. The normalized spacial score (nSPS) is 9.83. The second-order valence-corrected chi connectivity index (χ2v) is 3.28. The third-order valence-electron chi connectivity index (χ3n) is 1.67. The molecule has 1 aromatic rings. The molecule has 0 unspecified atom stereocenters. The number of halogens is 2. The van der Waals surface area contributed by atoms with Gasteiger partial charge in [0.15, 0.2) is 0 Å². The molecule has 0 aliphatic rings. The second kappa shape index (κ2) is 4.54. The molecule has 1 rings (SSSR count). The summed E-state index contributed by atoms with van der Waals surface area (Å²) in [5.74, 6) is 0.598. The Kier molecular flexibility index (Phi) is 3.64. The van der Waals surface area contributed by atoms with Crippen molar-refractivity contribution in [3.05, 3.63) is 40.9 Å². The van der Waals surface area contributed by atoms with E-state index in [2.05, 4.69) is 6.58 Å². The van der Waals surface area contributed by atoms with E-state index in [0.29, 0.717) is 5.88 Å². The average molecular weight is 201 g/mol. The summed E-state index contributed by atoms with van der Waals surface area (Å²) in [6, 6.07) is 5.82. The summed E-state index contributed by atoms with van der Waals surface area (Å²) in [4.78, 5) is 0. The van der Waals surface area contributed by atoms with E-state index >= 15 is 0 Å². The Balaban J connectivity index is 2.99. The van der Waals surface area contributed by atoms with Crippen LogP contribution >= 0.6 is 23.2 Å². The Morgan fingerprint density at radius 3 is 2.75 bits per heavy atom. The number of alkyl halides is 1. The molecule has 64 valence electrons. The maximum absolute atomic E-state index is 5.94. The van der Waals surface area contributed by atoms with Crippen molar-refractivity contribution < 1.29 is 0 Å². The molecule has 0 amide bonds. The van der Waals surface area contributed by atoms with Crippen molar-refractivity contribution in [2.45, 2.75) is 6.42 Å². The van der Waals surface area contributed by atoms with E-state index < -0.39 is 0 Å². The smallest absolute Gasteiger partial charge is 0.0438 e. The van der Waals surface area contributed by atoms with Gasteiger partial charge in [-0.3, -0.25) is 0 Å². The van der Waals surface area contributed by atoms with Gasteiger partial charge in [-0.1, -0.05) is 36.4 Å². The molecule has 0 heterocycles. The highest BCUT2D eigenvalue weighted by Crippen LogP contribution is 2.18. The first-order chi connectivity index (χ1) is 5.77. The van der Waals surface area contributed by atoms with Gasteiger partial charge in [-0.2, -0.15) is 0 Å². The van der Waals surface area contributed by atoms with Crippen molar-refractivity contribution >= 4 is 29.3 Å². The fourth-order valence-corrected chi connectivity index (χ4v) is 1.43. The molecule has 0 bridgehead atoms. The molecule has 0 saturated carbocycles. The van der Waals surface area contributed by atoms with E-state index in [9.17, 15) is 0 Å². The molecule has 0 aromatic heterocycles. The van der Waals surface area contributed by atoms with Crippen molar-refractivity contribution in [1.82, 2.24) is 0 Å². The van der Waals surface area contributed by atoms with Crippen molar-refractivity contribution in [2.24, 2.45) is 0 Å². The molecule has 0 nitrogen and oxygen atoms in total. The highest BCUT2D eigenvalue weighted by Gasteiger charge is 1.99. The van der Waals surface area contributed by atoms with Crippen molar-refractivity contribution in [3.8, 4) is 0 Å². The second-order valence-electron chi connectivity index (χ2n) is 2.49. The summed E-state index contributed by atoms with van der Waals surface area (Å²) < 4.78 is 0. The minimum absolute atomic E-state index is 0.598. The Morgan fingerprint density at radius 1 is 1.42 bits per heavy atom. The van der Waals surface area contributed by atoms with Gasteiger partial charge in [-0.15, -0.1) is 11.6 Å². The SMILES string of the molecule is C=Cc1ccc(Cl)c(CCCl)c1. The predicted octanol–water partition coefficient (Wildman–Crippen LogP) is 3.76. The summed E-state index contributed by atoms with van der Waals surface area (Å²) >= 11 is 11.6. The van der Waals surface area contributed by atoms with Crippen molar-refractivity contribution in [3.63, 3.8) is 0 Å². The number of hydrogen-bond donors (Lipinski definition) is 0. The monoisotopic (exact) mass is 200 g/mol. The minimum atomic E-state index is 0.598. The largest absolute Gasteiger partial charge is 0.126 e.